The number of allylic oxidation sites excluding steroid dienone is 10. The van der Waals surface area contributed by atoms with E-state index in [-0.39, 0.29) is 25.2 Å². The number of esters is 2. The minimum Gasteiger partial charge on any atom is -0.462 e. The van der Waals surface area contributed by atoms with Crippen molar-refractivity contribution >= 4 is 11.9 Å². The Kier molecular flexibility index (Phi) is 48.9. The van der Waals surface area contributed by atoms with Crippen molar-refractivity contribution in [3.8, 4) is 0 Å². The molecule has 0 aliphatic carbocycles. The Labute approximate surface area is 372 Å². The van der Waals surface area contributed by atoms with Crippen LogP contribution in [-0.2, 0) is 19.1 Å². The van der Waals surface area contributed by atoms with Gasteiger partial charge in [-0.3, -0.25) is 9.59 Å². The Morgan fingerprint density at radius 2 is 0.717 bits per heavy atom. The fourth-order valence-corrected chi connectivity index (χ4v) is 7.47. The van der Waals surface area contributed by atoms with Crippen LogP contribution in [0, 0.1) is 0 Å². The molecule has 0 aromatic carbocycles. The molecule has 0 bridgehead atoms. The molecule has 0 radical (unpaired) electrons. The largest absolute Gasteiger partial charge is 0.462 e. The molecule has 0 heterocycles. The molecule has 5 heteroatoms. The number of aliphatic hydroxyl groups excluding tert-OH is 1. The Hall–Kier alpha value is -2.40. The minimum absolute atomic E-state index is 0.0617. The standard InChI is InChI=1S/C55H98O5/c1-3-5-7-9-11-13-14-15-16-17-18-19-20-21-22-23-24-25-26-27-28-29-30-31-32-33-34-35-36-37-38-39-40-42-44-46-48-50-55(58)60-53(51-56)52-59-54(57)49-47-45-43-41-12-10-8-6-4-2/h5,7,11,13,15-16,18-19,21-22,53,56H,3-4,6,8-10,12,14,17,20,23-52H2,1-2H3/b7-5-,13-11-,16-15-,19-18-,22-21-. The Balaban J connectivity index is 3.39. The first-order valence-corrected chi connectivity index (χ1v) is 25.8. The summed E-state index contributed by atoms with van der Waals surface area (Å²) in [6.07, 6.45) is 67.8. The van der Waals surface area contributed by atoms with Crippen molar-refractivity contribution in [1.82, 2.24) is 0 Å². The van der Waals surface area contributed by atoms with Gasteiger partial charge in [-0.1, -0.05) is 248 Å². The van der Waals surface area contributed by atoms with E-state index in [0.717, 1.165) is 70.6 Å². The van der Waals surface area contributed by atoms with Gasteiger partial charge in [0.2, 0.25) is 0 Å². The highest BCUT2D eigenvalue weighted by Crippen LogP contribution is 2.16. The van der Waals surface area contributed by atoms with E-state index in [1.165, 1.54) is 161 Å². The number of carbonyl (C=O) groups excluding carboxylic acids is 2. The number of rotatable bonds is 47. The molecule has 1 unspecified atom stereocenters. The average Bonchev–Trinajstić information content (AvgIpc) is 3.25. The summed E-state index contributed by atoms with van der Waals surface area (Å²) in [7, 11) is 0. The molecule has 0 fully saturated rings. The first-order chi connectivity index (χ1) is 29.6. The summed E-state index contributed by atoms with van der Waals surface area (Å²) in [5.41, 5.74) is 0. The second-order valence-electron chi connectivity index (χ2n) is 17.2. The molecule has 0 saturated heterocycles. The van der Waals surface area contributed by atoms with Crippen LogP contribution in [0.4, 0.5) is 0 Å². The number of carbonyl (C=O) groups is 2. The Bertz CT molecular complexity index is 1040. The highest BCUT2D eigenvalue weighted by atomic mass is 16.6. The van der Waals surface area contributed by atoms with Crippen molar-refractivity contribution in [1.29, 1.82) is 0 Å². The third-order valence-corrected chi connectivity index (χ3v) is 11.3. The molecule has 0 aromatic rings. The van der Waals surface area contributed by atoms with Gasteiger partial charge < -0.3 is 14.6 Å². The zero-order chi connectivity index (χ0) is 43.5. The van der Waals surface area contributed by atoms with Crippen molar-refractivity contribution < 1.29 is 24.2 Å². The highest BCUT2D eigenvalue weighted by Gasteiger charge is 2.16. The molecule has 348 valence electrons. The van der Waals surface area contributed by atoms with E-state index in [0.29, 0.717) is 12.8 Å². The smallest absolute Gasteiger partial charge is 0.306 e. The molecule has 0 aliphatic heterocycles. The predicted octanol–water partition coefficient (Wildman–Crippen LogP) is 17.1. The van der Waals surface area contributed by atoms with Gasteiger partial charge in [-0.2, -0.15) is 0 Å². The summed E-state index contributed by atoms with van der Waals surface area (Å²) < 4.78 is 10.6. The lowest BCUT2D eigenvalue weighted by Gasteiger charge is -2.15. The van der Waals surface area contributed by atoms with Gasteiger partial charge in [0, 0.05) is 12.8 Å². The Morgan fingerprint density at radius 3 is 1.08 bits per heavy atom. The van der Waals surface area contributed by atoms with E-state index >= 15 is 0 Å². The molecule has 0 aliphatic rings. The molecule has 0 rings (SSSR count). The van der Waals surface area contributed by atoms with Crippen LogP contribution in [0.1, 0.15) is 258 Å². The molecular formula is C55H98O5. The van der Waals surface area contributed by atoms with Crippen LogP contribution in [-0.4, -0.2) is 36.4 Å². The van der Waals surface area contributed by atoms with Crippen molar-refractivity contribution in [2.75, 3.05) is 13.2 Å². The van der Waals surface area contributed by atoms with Gasteiger partial charge in [-0.15, -0.1) is 0 Å². The first kappa shape index (κ1) is 57.6. The summed E-state index contributed by atoms with van der Waals surface area (Å²) in [4.78, 5) is 24.3. The number of hydrogen-bond acceptors (Lipinski definition) is 5. The quantitative estimate of drug-likeness (QED) is 0.0375. The maximum Gasteiger partial charge on any atom is 0.306 e. The fourth-order valence-electron chi connectivity index (χ4n) is 7.47. The monoisotopic (exact) mass is 839 g/mol. The maximum atomic E-state index is 12.2. The number of unbranched alkanes of at least 4 members (excludes halogenated alkanes) is 29. The first-order valence-electron chi connectivity index (χ1n) is 25.8. The van der Waals surface area contributed by atoms with Gasteiger partial charge in [0.05, 0.1) is 6.61 Å². The van der Waals surface area contributed by atoms with Crippen molar-refractivity contribution in [2.24, 2.45) is 0 Å². The summed E-state index contributed by atoms with van der Waals surface area (Å²) in [5, 5.41) is 9.57. The third kappa shape index (κ3) is 48.3. The van der Waals surface area contributed by atoms with Gasteiger partial charge in [0.25, 0.3) is 0 Å². The molecule has 1 N–H and O–H groups in total. The lowest BCUT2D eigenvalue weighted by molar-refractivity contribution is -0.161. The average molecular weight is 839 g/mol. The van der Waals surface area contributed by atoms with E-state index < -0.39 is 6.10 Å². The van der Waals surface area contributed by atoms with Gasteiger partial charge in [0.1, 0.15) is 6.61 Å². The fraction of sp³-hybridized carbons (Fsp3) is 0.782. The topological polar surface area (TPSA) is 72.8 Å². The summed E-state index contributed by atoms with van der Waals surface area (Å²) in [5.74, 6) is -0.584. The Morgan fingerprint density at radius 1 is 0.400 bits per heavy atom. The normalized spacial score (nSPS) is 12.7. The van der Waals surface area contributed by atoms with Crippen molar-refractivity contribution in [3.63, 3.8) is 0 Å². The number of hydrogen-bond donors (Lipinski definition) is 1. The van der Waals surface area contributed by atoms with Gasteiger partial charge in [-0.05, 0) is 57.8 Å². The van der Waals surface area contributed by atoms with Crippen LogP contribution in [0.15, 0.2) is 60.8 Å². The third-order valence-electron chi connectivity index (χ3n) is 11.3. The lowest BCUT2D eigenvalue weighted by Crippen LogP contribution is -2.28. The van der Waals surface area contributed by atoms with Crippen LogP contribution in [0.25, 0.3) is 0 Å². The minimum atomic E-state index is -0.766. The second-order valence-corrected chi connectivity index (χ2v) is 17.2. The van der Waals surface area contributed by atoms with Crippen LogP contribution >= 0.6 is 0 Å². The molecule has 0 spiro atoms. The van der Waals surface area contributed by atoms with Crippen LogP contribution in [0.5, 0.6) is 0 Å². The maximum absolute atomic E-state index is 12.2. The molecule has 5 nitrogen and oxygen atoms in total. The van der Waals surface area contributed by atoms with E-state index in [4.69, 9.17) is 9.47 Å². The summed E-state index contributed by atoms with van der Waals surface area (Å²) in [6, 6.07) is 0. The van der Waals surface area contributed by atoms with Crippen LogP contribution in [0.2, 0.25) is 0 Å². The van der Waals surface area contributed by atoms with Crippen LogP contribution in [0.3, 0.4) is 0 Å². The summed E-state index contributed by atoms with van der Waals surface area (Å²) in [6.45, 7) is 4.02. The zero-order valence-electron chi connectivity index (χ0n) is 39.7. The highest BCUT2D eigenvalue weighted by molar-refractivity contribution is 5.70. The zero-order valence-corrected chi connectivity index (χ0v) is 39.7. The van der Waals surface area contributed by atoms with Gasteiger partial charge >= 0.3 is 11.9 Å². The molecule has 0 aromatic heterocycles. The van der Waals surface area contributed by atoms with E-state index in [2.05, 4.69) is 74.6 Å². The van der Waals surface area contributed by atoms with Crippen molar-refractivity contribution in [2.45, 2.75) is 264 Å². The van der Waals surface area contributed by atoms with E-state index in [9.17, 15) is 14.7 Å². The molecular weight excluding hydrogens is 741 g/mol. The number of ether oxygens (including phenoxy) is 2. The van der Waals surface area contributed by atoms with Gasteiger partial charge in [0.15, 0.2) is 6.10 Å². The summed E-state index contributed by atoms with van der Waals surface area (Å²) >= 11 is 0. The molecule has 0 saturated carbocycles. The second kappa shape index (κ2) is 51.0. The van der Waals surface area contributed by atoms with E-state index in [1.807, 2.05) is 0 Å². The molecule has 60 heavy (non-hydrogen) atoms. The SMILES string of the molecule is CC/C=C\C/C=C\C/C=C\C/C=C\C/C=C\CCCCCCCCCCCCCCCCCCCCCCCC(=O)OC(CO)COC(=O)CCCCCCCCCCC. The van der Waals surface area contributed by atoms with E-state index in [1.54, 1.807) is 0 Å². The molecule has 0 amide bonds. The number of aliphatic hydroxyl groups is 1. The molecule has 1 atom stereocenters. The van der Waals surface area contributed by atoms with Crippen molar-refractivity contribution in [3.05, 3.63) is 60.8 Å². The van der Waals surface area contributed by atoms with Crippen LogP contribution < -0.4 is 0 Å². The van der Waals surface area contributed by atoms with Gasteiger partial charge in [-0.25, -0.2) is 0 Å². The predicted molar refractivity (Wildman–Crippen MR) is 260 cm³/mol. The lowest BCUT2D eigenvalue weighted by atomic mass is 10.0.